The van der Waals surface area contributed by atoms with E-state index >= 15 is 0 Å². The Morgan fingerprint density at radius 2 is 1.82 bits per heavy atom. The maximum Gasteiger partial charge on any atom is 0.410 e. The van der Waals surface area contributed by atoms with Gasteiger partial charge in [0.05, 0.1) is 24.4 Å². The summed E-state index contributed by atoms with van der Waals surface area (Å²) in [6, 6.07) is 17.4. The largest absolute Gasteiger partial charge is 0.480 e. The SMILES string of the molecule is O=C(O)COC1(c2cccc(Br)c2)CCC2(CC1)CN(C(=O)OCc1ccccc1)CCO2. The van der Waals surface area contributed by atoms with Gasteiger partial charge in [-0.05, 0) is 48.9 Å². The van der Waals surface area contributed by atoms with Crippen LogP contribution in [0.25, 0.3) is 0 Å². The van der Waals surface area contributed by atoms with Crippen LogP contribution in [0.4, 0.5) is 4.79 Å². The first kappa shape index (κ1) is 23.7. The topological polar surface area (TPSA) is 85.3 Å². The van der Waals surface area contributed by atoms with Gasteiger partial charge in [0.25, 0.3) is 0 Å². The number of nitrogens with zero attached hydrogens (tertiary/aromatic N) is 1. The first-order valence-corrected chi connectivity index (χ1v) is 11.9. The molecule has 0 unspecified atom stereocenters. The monoisotopic (exact) mass is 517 g/mol. The van der Waals surface area contributed by atoms with Crippen LogP contribution in [0, 0.1) is 0 Å². The second-order valence-electron chi connectivity index (χ2n) is 8.68. The molecule has 4 rings (SSSR count). The fourth-order valence-corrected chi connectivity index (χ4v) is 5.11. The van der Waals surface area contributed by atoms with E-state index in [-0.39, 0.29) is 19.3 Å². The predicted octanol–water partition coefficient (Wildman–Crippen LogP) is 4.73. The van der Waals surface area contributed by atoms with Crippen LogP contribution in [0.15, 0.2) is 59.1 Å². The number of halogens is 1. The number of aliphatic carboxylic acids is 1. The van der Waals surface area contributed by atoms with Gasteiger partial charge < -0.3 is 24.2 Å². The Morgan fingerprint density at radius 1 is 1.06 bits per heavy atom. The van der Waals surface area contributed by atoms with Gasteiger partial charge in [-0.2, -0.15) is 0 Å². The summed E-state index contributed by atoms with van der Waals surface area (Å²) in [6.07, 6.45) is 2.17. The van der Waals surface area contributed by atoms with Gasteiger partial charge in [0.1, 0.15) is 13.2 Å². The van der Waals surface area contributed by atoms with Crippen molar-refractivity contribution in [3.05, 3.63) is 70.2 Å². The van der Waals surface area contributed by atoms with Crippen LogP contribution in [0.2, 0.25) is 0 Å². The summed E-state index contributed by atoms with van der Waals surface area (Å²) in [6.45, 7) is 1.26. The number of carbonyl (C=O) groups is 2. The Hall–Kier alpha value is -2.42. The molecule has 33 heavy (non-hydrogen) atoms. The molecule has 1 N–H and O–H groups in total. The zero-order valence-electron chi connectivity index (χ0n) is 18.4. The fourth-order valence-electron chi connectivity index (χ4n) is 4.71. The third-order valence-corrected chi connectivity index (χ3v) is 7.00. The molecule has 0 bridgehead atoms. The average Bonchev–Trinajstić information content (AvgIpc) is 2.83. The van der Waals surface area contributed by atoms with E-state index in [1.807, 2.05) is 54.6 Å². The van der Waals surface area contributed by atoms with Crippen LogP contribution in [0.5, 0.6) is 0 Å². The summed E-state index contributed by atoms with van der Waals surface area (Å²) >= 11 is 3.50. The number of carboxylic acids is 1. The maximum atomic E-state index is 12.7. The lowest BCUT2D eigenvalue weighted by Crippen LogP contribution is -2.57. The summed E-state index contributed by atoms with van der Waals surface area (Å²) in [4.78, 5) is 25.7. The molecule has 1 aliphatic heterocycles. The summed E-state index contributed by atoms with van der Waals surface area (Å²) in [5, 5.41) is 9.21. The van der Waals surface area contributed by atoms with E-state index in [1.165, 1.54) is 0 Å². The van der Waals surface area contributed by atoms with Crippen LogP contribution in [0.1, 0.15) is 36.8 Å². The lowest BCUT2D eigenvalue weighted by Gasteiger charge is -2.49. The summed E-state index contributed by atoms with van der Waals surface area (Å²) in [5.41, 5.74) is 0.711. The molecule has 7 nitrogen and oxygen atoms in total. The molecule has 2 aliphatic rings. The number of carboxylic acid groups (broad SMARTS) is 1. The van der Waals surface area contributed by atoms with E-state index in [0.717, 1.165) is 15.6 Å². The lowest BCUT2D eigenvalue weighted by molar-refractivity contribution is -0.176. The maximum absolute atomic E-state index is 12.7. The second-order valence-corrected chi connectivity index (χ2v) is 9.60. The van der Waals surface area contributed by atoms with Crippen molar-refractivity contribution in [1.82, 2.24) is 4.90 Å². The highest BCUT2D eigenvalue weighted by Crippen LogP contribution is 2.47. The molecule has 1 spiro atoms. The van der Waals surface area contributed by atoms with Gasteiger partial charge in [-0.15, -0.1) is 0 Å². The number of morpholine rings is 1. The van der Waals surface area contributed by atoms with Gasteiger partial charge in [-0.3, -0.25) is 0 Å². The van der Waals surface area contributed by atoms with Gasteiger partial charge in [0.2, 0.25) is 0 Å². The molecule has 2 fully saturated rings. The van der Waals surface area contributed by atoms with E-state index in [2.05, 4.69) is 15.9 Å². The molecule has 1 saturated heterocycles. The highest BCUT2D eigenvalue weighted by atomic mass is 79.9. The number of rotatable bonds is 6. The molecule has 0 aromatic heterocycles. The predicted molar refractivity (Wildman–Crippen MR) is 125 cm³/mol. The number of ether oxygens (including phenoxy) is 3. The number of carbonyl (C=O) groups excluding carboxylic acids is 1. The van der Waals surface area contributed by atoms with Gasteiger partial charge in [-0.25, -0.2) is 9.59 Å². The van der Waals surface area contributed by atoms with Crippen molar-refractivity contribution in [2.45, 2.75) is 43.5 Å². The van der Waals surface area contributed by atoms with Crippen molar-refractivity contribution in [2.24, 2.45) is 0 Å². The third-order valence-electron chi connectivity index (χ3n) is 6.50. The highest BCUT2D eigenvalue weighted by molar-refractivity contribution is 9.10. The van der Waals surface area contributed by atoms with Crippen LogP contribution in [-0.2, 0) is 31.2 Å². The molecular formula is C25H28BrNO6. The standard InChI is InChI=1S/C25H28BrNO6/c26-21-8-4-7-20(15-21)25(33-17-22(28)29)11-9-24(10-12-25)18-27(13-14-32-24)23(30)31-16-19-5-2-1-3-6-19/h1-8,15H,9-14,16-18H2,(H,28,29). The zero-order chi connectivity index (χ0) is 23.3. The van der Waals surface area contributed by atoms with Crippen LogP contribution < -0.4 is 0 Å². The molecule has 8 heteroatoms. The Kier molecular flexibility index (Phi) is 7.36. The highest BCUT2D eigenvalue weighted by Gasteiger charge is 2.48. The molecule has 2 aromatic carbocycles. The number of hydrogen-bond donors (Lipinski definition) is 1. The first-order chi connectivity index (χ1) is 15.9. The van der Waals surface area contributed by atoms with Crippen LogP contribution in [0.3, 0.4) is 0 Å². The van der Waals surface area contributed by atoms with E-state index in [1.54, 1.807) is 4.90 Å². The molecule has 1 saturated carbocycles. The van der Waals surface area contributed by atoms with Crippen molar-refractivity contribution in [3.63, 3.8) is 0 Å². The van der Waals surface area contributed by atoms with Crippen molar-refractivity contribution in [3.8, 4) is 0 Å². The summed E-state index contributed by atoms with van der Waals surface area (Å²) in [7, 11) is 0. The number of hydrogen-bond acceptors (Lipinski definition) is 5. The second kappa shape index (κ2) is 10.2. The zero-order valence-corrected chi connectivity index (χ0v) is 20.0. The Bertz CT molecular complexity index is 974. The quantitative estimate of drug-likeness (QED) is 0.596. The van der Waals surface area contributed by atoms with Gasteiger partial charge in [-0.1, -0.05) is 58.4 Å². The molecule has 0 atom stereocenters. The molecule has 2 aromatic rings. The van der Waals surface area contributed by atoms with Gasteiger partial charge in [0, 0.05) is 11.0 Å². The van der Waals surface area contributed by atoms with Crippen molar-refractivity contribution in [2.75, 3.05) is 26.3 Å². The van der Waals surface area contributed by atoms with E-state index < -0.39 is 17.2 Å². The Morgan fingerprint density at radius 3 is 2.52 bits per heavy atom. The van der Waals surface area contributed by atoms with Crippen molar-refractivity contribution >= 4 is 28.0 Å². The van der Waals surface area contributed by atoms with Crippen LogP contribution in [-0.4, -0.2) is 54.0 Å². The normalized spacial score (nSPS) is 25.1. The summed E-state index contributed by atoms with van der Waals surface area (Å²) in [5.74, 6) is -0.995. The minimum Gasteiger partial charge on any atom is -0.480 e. The average molecular weight is 518 g/mol. The van der Waals surface area contributed by atoms with Crippen LogP contribution >= 0.6 is 15.9 Å². The Labute approximate surface area is 201 Å². The number of benzene rings is 2. The van der Waals surface area contributed by atoms with E-state index in [9.17, 15) is 14.7 Å². The number of amides is 1. The fraction of sp³-hybridized carbons (Fsp3) is 0.440. The Balaban J connectivity index is 1.42. The van der Waals surface area contributed by atoms with Gasteiger partial charge >= 0.3 is 12.1 Å². The minimum atomic E-state index is -0.995. The van der Waals surface area contributed by atoms with Crippen molar-refractivity contribution in [1.29, 1.82) is 0 Å². The summed E-state index contributed by atoms with van der Waals surface area (Å²) < 4.78 is 18.6. The smallest absolute Gasteiger partial charge is 0.410 e. The van der Waals surface area contributed by atoms with Crippen molar-refractivity contribution < 1.29 is 28.9 Å². The van der Waals surface area contributed by atoms with E-state index in [4.69, 9.17) is 14.2 Å². The third kappa shape index (κ3) is 5.75. The minimum absolute atomic E-state index is 0.235. The molecular weight excluding hydrogens is 490 g/mol. The van der Waals surface area contributed by atoms with Gasteiger partial charge in [0.15, 0.2) is 0 Å². The molecule has 1 amide bonds. The molecule has 176 valence electrons. The lowest BCUT2D eigenvalue weighted by atomic mass is 9.72. The molecule has 1 aliphatic carbocycles. The first-order valence-electron chi connectivity index (χ1n) is 11.1. The van der Waals surface area contributed by atoms with E-state index in [0.29, 0.717) is 45.4 Å². The molecule has 1 heterocycles. The molecule has 0 radical (unpaired) electrons.